The summed E-state index contributed by atoms with van der Waals surface area (Å²) in [6.07, 6.45) is 3.72. The fraction of sp³-hybridized carbons (Fsp3) is 0.409. The maximum Gasteiger partial charge on any atom is 0.231 e. The van der Waals surface area contributed by atoms with Crippen molar-refractivity contribution in [2.45, 2.75) is 57.9 Å². The first kappa shape index (κ1) is 18.3. The number of rotatable bonds is 8. The van der Waals surface area contributed by atoms with E-state index in [0.29, 0.717) is 0 Å². The van der Waals surface area contributed by atoms with Crippen molar-refractivity contribution in [2.24, 2.45) is 0 Å². The number of carbonyl (C=O) groups excluding carboxylic acids is 1. The number of benzene rings is 2. The molecule has 2 rings (SSSR count). The van der Waals surface area contributed by atoms with Crippen LogP contribution in [0.3, 0.4) is 0 Å². The van der Waals surface area contributed by atoms with Gasteiger partial charge in [0.2, 0.25) is 5.91 Å². The molecule has 0 fully saturated rings. The summed E-state index contributed by atoms with van der Waals surface area (Å²) in [6.45, 7) is 6.36. The second-order valence-electron chi connectivity index (χ2n) is 6.55. The van der Waals surface area contributed by atoms with Crippen LogP contribution in [0.1, 0.15) is 63.6 Å². The second-order valence-corrected chi connectivity index (χ2v) is 6.55. The van der Waals surface area contributed by atoms with Crippen molar-refractivity contribution in [1.29, 1.82) is 0 Å². The van der Waals surface area contributed by atoms with Crippen molar-refractivity contribution in [3.63, 3.8) is 0 Å². The molecule has 2 aromatic rings. The van der Waals surface area contributed by atoms with Crippen LogP contribution in [0, 0.1) is 0 Å². The van der Waals surface area contributed by atoms with E-state index in [9.17, 15) is 4.79 Å². The Morgan fingerprint density at radius 2 is 1.42 bits per heavy atom. The zero-order valence-electron chi connectivity index (χ0n) is 15.1. The third-order valence-corrected chi connectivity index (χ3v) is 4.76. The van der Waals surface area contributed by atoms with Crippen molar-refractivity contribution in [2.75, 3.05) is 0 Å². The molecule has 24 heavy (non-hydrogen) atoms. The number of carbonyl (C=O) groups is 1. The van der Waals surface area contributed by atoms with E-state index in [1.54, 1.807) is 0 Å². The van der Waals surface area contributed by atoms with Crippen LogP contribution in [-0.4, -0.2) is 5.91 Å². The summed E-state index contributed by atoms with van der Waals surface area (Å²) in [5.74, 6) is 0.147. The van der Waals surface area contributed by atoms with E-state index in [-0.39, 0.29) is 11.9 Å². The first-order chi connectivity index (χ1) is 11.6. The van der Waals surface area contributed by atoms with Gasteiger partial charge in [-0.2, -0.15) is 0 Å². The van der Waals surface area contributed by atoms with Crippen molar-refractivity contribution < 1.29 is 4.79 Å². The first-order valence-electron chi connectivity index (χ1n) is 9.05. The predicted octanol–water partition coefficient (Wildman–Crippen LogP) is 5.40. The number of hydrogen-bond donors (Lipinski definition) is 1. The molecule has 0 spiro atoms. The van der Waals surface area contributed by atoms with Gasteiger partial charge in [-0.15, -0.1) is 0 Å². The van der Waals surface area contributed by atoms with E-state index >= 15 is 0 Å². The van der Waals surface area contributed by atoms with Crippen LogP contribution >= 0.6 is 0 Å². The van der Waals surface area contributed by atoms with Gasteiger partial charge in [0.25, 0.3) is 0 Å². The van der Waals surface area contributed by atoms with Crippen molar-refractivity contribution in [1.82, 2.24) is 5.32 Å². The van der Waals surface area contributed by atoms with Crippen LogP contribution in [0.4, 0.5) is 0 Å². The summed E-state index contributed by atoms with van der Waals surface area (Å²) in [6, 6.07) is 20.4. The summed E-state index contributed by atoms with van der Waals surface area (Å²) < 4.78 is 0. The Morgan fingerprint density at radius 3 is 1.92 bits per heavy atom. The van der Waals surface area contributed by atoms with Crippen LogP contribution in [-0.2, 0) is 10.2 Å². The Kier molecular flexibility index (Phi) is 6.60. The minimum atomic E-state index is -0.437. The van der Waals surface area contributed by atoms with Crippen LogP contribution in [0.5, 0.6) is 0 Å². The molecule has 128 valence electrons. The van der Waals surface area contributed by atoms with Crippen LogP contribution in [0.15, 0.2) is 60.7 Å². The monoisotopic (exact) mass is 323 g/mol. The van der Waals surface area contributed by atoms with Crippen LogP contribution in [0.25, 0.3) is 0 Å². The van der Waals surface area contributed by atoms with Gasteiger partial charge in [-0.1, -0.05) is 87.4 Å². The van der Waals surface area contributed by atoms with Gasteiger partial charge in [-0.05, 0) is 30.9 Å². The van der Waals surface area contributed by atoms with Crippen molar-refractivity contribution in [3.8, 4) is 0 Å². The molecule has 0 heterocycles. The molecule has 0 radical (unpaired) electrons. The fourth-order valence-corrected chi connectivity index (χ4v) is 3.54. The summed E-state index contributed by atoms with van der Waals surface area (Å²) in [7, 11) is 0. The van der Waals surface area contributed by atoms with E-state index in [1.165, 1.54) is 0 Å². The Morgan fingerprint density at radius 1 is 0.917 bits per heavy atom. The highest BCUT2D eigenvalue weighted by Gasteiger charge is 2.38. The topological polar surface area (TPSA) is 29.1 Å². The van der Waals surface area contributed by atoms with E-state index in [2.05, 4.69) is 50.4 Å². The van der Waals surface area contributed by atoms with E-state index in [0.717, 1.165) is 36.8 Å². The molecular formula is C22H29NO. The molecule has 1 N–H and O–H groups in total. The third kappa shape index (κ3) is 4.05. The molecule has 1 amide bonds. The summed E-state index contributed by atoms with van der Waals surface area (Å²) >= 11 is 0. The lowest BCUT2D eigenvalue weighted by atomic mass is 9.72. The second kappa shape index (κ2) is 8.68. The lowest BCUT2D eigenvalue weighted by molar-refractivity contribution is -0.128. The quantitative estimate of drug-likeness (QED) is 0.692. The van der Waals surface area contributed by atoms with Crippen LogP contribution < -0.4 is 5.32 Å². The molecule has 0 aliphatic rings. The molecule has 0 aliphatic carbocycles. The lowest BCUT2D eigenvalue weighted by Gasteiger charge is -2.34. The van der Waals surface area contributed by atoms with Crippen LogP contribution in [0.2, 0.25) is 0 Å². The van der Waals surface area contributed by atoms with Crippen molar-refractivity contribution in [3.05, 3.63) is 71.8 Å². The Labute approximate surface area is 146 Å². The highest BCUT2D eigenvalue weighted by atomic mass is 16.2. The van der Waals surface area contributed by atoms with Gasteiger partial charge >= 0.3 is 0 Å². The Hall–Kier alpha value is -2.09. The molecule has 2 nitrogen and oxygen atoms in total. The van der Waals surface area contributed by atoms with Gasteiger partial charge in [0.15, 0.2) is 0 Å². The molecule has 1 atom stereocenters. The van der Waals surface area contributed by atoms with Gasteiger partial charge in [0, 0.05) is 0 Å². The maximum absolute atomic E-state index is 13.3. The molecule has 0 aromatic heterocycles. The Bertz CT molecular complexity index is 615. The average Bonchev–Trinajstić information content (AvgIpc) is 2.62. The normalized spacial score (nSPS) is 12.6. The minimum absolute atomic E-state index is 0.00972. The molecule has 0 unspecified atom stereocenters. The third-order valence-electron chi connectivity index (χ3n) is 4.76. The summed E-state index contributed by atoms with van der Waals surface area (Å²) in [5.41, 5.74) is 1.83. The zero-order chi connectivity index (χ0) is 17.4. The summed E-state index contributed by atoms with van der Waals surface area (Å²) in [5, 5.41) is 3.27. The molecule has 0 bridgehead atoms. The summed E-state index contributed by atoms with van der Waals surface area (Å²) in [4.78, 5) is 13.3. The van der Waals surface area contributed by atoms with Gasteiger partial charge < -0.3 is 5.32 Å². The smallest absolute Gasteiger partial charge is 0.231 e. The molecule has 0 aliphatic heterocycles. The van der Waals surface area contributed by atoms with Gasteiger partial charge in [-0.3, -0.25) is 4.79 Å². The zero-order valence-corrected chi connectivity index (χ0v) is 15.1. The molecule has 2 heteroatoms. The highest BCUT2D eigenvalue weighted by molar-refractivity contribution is 5.88. The van der Waals surface area contributed by atoms with Crippen molar-refractivity contribution >= 4 is 5.91 Å². The van der Waals surface area contributed by atoms with E-state index < -0.39 is 5.41 Å². The van der Waals surface area contributed by atoms with E-state index in [1.807, 2.05) is 36.4 Å². The predicted molar refractivity (Wildman–Crippen MR) is 101 cm³/mol. The first-order valence-corrected chi connectivity index (χ1v) is 9.05. The molecule has 2 aromatic carbocycles. The maximum atomic E-state index is 13.3. The SMILES string of the molecule is CCCC(CCC)(C(=O)N[C@@H](C)c1ccccc1)c1ccccc1. The standard InChI is InChI=1S/C22H29NO/c1-4-16-22(17-5-2,20-14-10-7-11-15-20)21(24)23-18(3)19-12-8-6-9-13-19/h6-15,18H,4-5,16-17H2,1-3H3,(H,23,24)/t18-/m0/s1. The Balaban J connectivity index is 2.30. The number of nitrogens with one attached hydrogen (secondary N) is 1. The van der Waals surface area contributed by atoms with Gasteiger partial charge in [-0.25, -0.2) is 0 Å². The highest BCUT2D eigenvalue weighted by Crippen LogP contribution is 2.35. The molecular weight excluding hydrogens is 294 g/mol. The average molecular weight is 323 g/mol. The molecule has 0 saturated heterocycles. The largest absolute Gasteiger partial charge is 0.349 e. The van der Waals surface area contributed by atoms with E-state index in [4.69, 9.17) is 0 Å². The number of hydrogen-bond acceptors (Lipinski definition) is 1. The fourth-order valence-electron chi connectivity index (χ4n) is 3.54. The van der Waals surface area contributed by atoms with Gasteiger partial charge in [0.05, 0.1) is 11.5 Å². The molecule has 0 saturated carbocycles. The minimum Gasteiger partial charge on any atom is -0.349 e. The number of amides is 1. The lowest BCUT2D eigenvalue weighted by Crippen LogP contribution is -2.45. The van der Waals surface area contributed by atoms with Gasteiger partial charge in [0.1, 0.15) is 0 Å².